The maximum Gasteiger partial charge on any atom is 0.307 e. The van der Waals surface area contributed by atoms with E-state index < -0.39 is 5.97 Å². The van der Waals surface area contributed by atoms with Gasteiger partial charge in [-0.15, -0.1) is 0 Å². The molecule has 6 nitrogen and oxygen atoms in total. The molecule has 1 aliphatic rings. The van der Waals surface area contributed by atoms with Crippen molar-refractivity contribution < 1.29 is 14.4 Å². The Balaban J connectivity index is 1.47. The van der Waals surface area contributed by atoms with Crippen LogP contribution in [0.15, 0.2) is 34.9 Å². The van der Waals surface area contributed by atoms with Gasteiger partial charge in [0.1, 0.15) is 0 Å². The molecule has 1 N–H and O–H groups in total. The summed E-state index contributed by atoms with van der Waals surface area (Å²) in [6, 6.07) is 9.73. The Bertz CT molecular complexity index is 627. The SMILES string of the molecule is O=C(O)C1CCN(CCCc2nc(-c3ccccc3)no2)C1. The van der Waals surface area contributed by atoms with E-state index in [4.69, 9.17) is 9.63 Å². The van der Waals surface area contributed by atoms with E-state index in [1.807, 2.05) is 30.3 Å². The van der Waals surface area contributed by atoms with E-state index in [9.17, 15) is 4.79 Å². The van der Waals surface area contributed by atoms with Crippen LogP contribution in [0.25, 0.3) is 11.4 Å². The number of aliphatic carboxylic acids is 1. The van der Waals surface area contributed by atoms with Crippen molar-refractivity contribution in [1.29, 1.82) is 0 Å². The molecule has 0 amide bonds. The number of carboxylic acid groups (broad SMARTS) is 1. The average Bonchev–Trinajstić information content (AvgIpc) is 3.18. The summed E-state index contributed by atoms with van der Waals surface area (Å²) in [6.45, 7) is 2.37. The molecule has 3 rings (SSSR count). The first-order valence-corrected chi connectivity index (χ1v) is 7.55. The predicted molar refractivity (Wildman–Crippen MR) is 80.2 cm³/mol. The zero-order valence-corrected chi connectivity index (χ0v) is 12.3. The molecule has 1 aliphatic heterocycles. The van der Waals surface area contributed by atoms with E-state index in [1.165, 1.54) is 0 Å². The number of aryl methyl sites for hydroxylation is 1. The molecule has 2 heterocycles. The quantitative estimate of drug-likeness (QED) is 0.880. The molecule has 0 saturated carbocycles. The lowest BCUT2D eigenvalue weighted by Gasteiger charge is -2.13. The molecule has 116 valence electrons. The molecule has 0 radical (unpaired) electrons. The number of carbonyl (C=O) groups is 1. The number of benzene rings is 1. The van der Waals surface area contributed by atoms with Crippen LogP contribution in [0.3, 0.4) is 0 Å². The van der Waals surface area contributed by atoms with Crippen LogP contribution < -0.4 is 0 Å². The van der Waals surface area contributed by atoms with Crippen LogP contribution in [0.4, 0.5) is 0 Å². The zero-order valence-electron chi connectivity index (χ0n) is 12.3. The highest BCUT2D eigenvalue weighted by atomic mass is 16.5. The lowest BCUT2D eigenvalue weighted by molar-refractivity contribution is -0.141. The minimum absolute atomic E-state index is 0.215. The zero-order chi connectivity index (χ0) is 15.4. The Morgan fingerprint density at radius 1 is 1.36 bits per heavy atom. The van der Waals surface area contributed by atoms with E-state index in [1.54, 1.807) is 0 Å². The van der Waals surface area contributed by atoms with Crippen molar-refractivity contribution in [1.82, 2.24) is 15.0 Å². The third-order valence-corrected chi connectivity index (χ3v) is 3.99. The second kappa shape index (κ2) is 6.70. The molecule has 1 fully saturated rings. The average molecular weight is 301 g/mol. The predicted octanol–water partition coefficient (Wildman–Crippen LogP) is 2.08. The lowest BCUT2D eigenvalue weighted by atomic mass is 10.1. The standard InChI is InChI=1S/C16H19N3O3/c20-16(21)13-8-10-19(11-13)9-4-7-14-17-15(18-22-14)12-5-2-1-3-6-12/h1-3,5-6,13H,4,7-11H2,(H,20,21). The van der Waals surface area contributed by atoms with Crippen LogP contribution in [-0.2, 0) is 11.2 Å². The van der Waals surface area contributed by atoms with Gasteiger partial charge in [0.15, 0.2) is 0 Å². The molecule has 1 aromatic heterocycles. The minimum atomic E-state index is -0.688. The molecule has 0 aliphatic carbocycles. The summed E-state index contributed by atoms with van der Waals surface area (Å²) in [4.78, 5) is 17.5. The van der Waals surface area contributed by atoms with E-state index in [-0.39, 0.29) is 5.92 Å². The fraction of sp³-hybridized carbons (Fsp3) is 0.438. The van der Waals surface area contributed by atoms with Crippen LogP contribution in [0, 0.1) is 5.92 Å². The van der Waals surface area contributed by atoms with Crippen LogP contribution in [0.5, 0.6) is 0 Å². The number of nitrogens with zero attached hydrogens (tertiary/aromatic N) is 3. The number of hydrogen-bond acceptors (Lipinski definition) is 5. The Hall–Kier alpha value is -2.21. The van der Waals surface area contributed by atoms with Gasteiger partial charge in [-0.3, -0.25) is 4.79 Å². The first-order chi connectivity index (χ1) is 10.7. The molecule has 2 aromatic rings. The number of hydrogen-bond donors (Lipinski definition) is 1. The summed E-state index contributed by atoms with van der Waals surface area (Å²) in [5.74, 6) is 0.343. The summed E-state index contributed by atoms with van der Waals surface area (Å²) in [5, 5.41) is 13.0. The Labute approximate surface area is 128 Å². The fourth-order valence-corrected chi connectivity index (χ4v) is 2.75. The molecule has 1 aromatic carbocycles. The summed E-state index contributed by atoms with van der Waals surface area (Å²) < 4.78 is 5.27. The highest BCUT2D eigenvalue weighted by molar-refractivity contribution is 5.70. The van der Waals surface area contributed by atoms with Gasteiger partial charge in [0.2, 0.25) is 11.7 Å². The van der Waals surface area contributed by atoms with Crippen molar-refractivity contribution in [2.24, 2.45) is 5.92 Å². The van der Waals surface area contributed by atoms with Gasteiger partial charge in [0.05, 0.1) is 5.92 Å². The molecule has 1 atom stereocenters. The van der Waals surface area contributed by atoms with Crippen LogP contribution in [0.2, 0.25) is 0 Å². The first kappa shape index (κ1) is 14.7. The van der Waals surface area contributed by atoms with Crippen LogP contribution >= 0.6 is 0 Å². The highest BCUT2D eigenvalue weighted by Crippen LogP contribution is 2.18. The summed E-state index contributed by atoms with van der Waals surface area (Å²) in [7, 11) is 0. The second-order valence-electron chi connectivity index (χ2n) is 5.61. The van der Waals surface area contributed by atoms with Crippen molar-refractivity contribution in [3.63, 3.8) is 0 Å². The molecule has 22 heavy (non-hydrogen) atoms. The van der Waals surface area contributed by atoms with Gasteiger partial charge in [-0.25, -0.2) is 0 Å². The van der Waals surface area contributed by atoms with E-state index >= 15 is 0 Å². The van der Waals surface area contributed by atoms with Gasteiger partial charge in [0.25, 0.3) is 0 Å². The lowest BCUT2D eigenvalue weighted by Crippen LogP contribution is -2.24. The normalized spacial score (nSPS) is 18.6. The van der Waals surface area contributed by atoms with Crippen LogP contribution in [0.1, 0.15) is 18.7 Å². The smallest absolute Gasteiger partial charge is 0.307 e. The minimum Gasteiger partial charge on any atom is -0.481 e. The molecule has 1 saturated heterocycles. The summed E-state index contributed by atoms with van der Waals surface area (Å²) in [6.07, 6.45) is 2.35. The second-order valence-corrected chi connectivity index (χ2v) is 5.61. The fourth-order valence-electron chi connectivity index (χ4n) is 2.75. The third kappa shape index (κ3) is 3.51. The van der Waals surface area contributed by atoms with Crippen molar-refractivity contribution in [2.75, 3.05) is 19.6 Å². The first-order valence-electron chi connectivity index (χ1n) is 7.55. The summed E-state index contributed by atoms with van der Waals surface area (Å²) in [5.41, 5.74) is 0.946. The van der Waals surface area contributed by atoms with Crippen molar-refractivity contribution in [2.45, 2.75) is 19.3 Å². The topological polar surface area (TPSA) is 79.5 Å². The molecule has 0 spiro atoms. The van der Waals surface area contributed by atoms with Crippen molar-refractivity contribution >= 4 is 5.97 Å². The number of carboxylic acids is 1. The maximum absolute atomic E-state index is 10.9. The Kier molecular flexibility index (Phi) is 4.48. The monoisotopic (exact) mass is 301 g/mol. The van der Waals surface area contributed by atoms with Gasteiger partial charge >= 0.3 is 5.97 Å². The molecule has 0 bridgehead atoms. The molecule has 1 unspecified atom stereocenters. The highest BCUT2D eigenvalue weighted by Gasteiger charge is 2.27. The maximum atomic E-state index is 10.9. The largest absolute Gasteiger partial charge is 0.481 e. The Morgan fingerprint density at radius 2 is 2.18 bits per heavy atom. The Morgan fingerprint density at radius 3 is 2.91 bits per heavy atom. The van der Waals surface area contributed by atoms with Crippen molar-refractivity contribution in [3.8, 4) is 11.4 Å². The number of likely N-dealkylation sites (tertiary alicyclic amines) is 1. The number of rotatable bonds is 6. The van der Waals surface area contributed by atoms with Crippen LogP contribution in [-0.4, -0.2) is 45.8 Å². The molecule has 6 heteroatoms. The van der Waals surface area contributed by atoms with Gasteiger partial charge in [0, 0.05) is 18.5 Å². The van der Waals surface area contributed by atoms with Gasteiger partial charge in [-0.1, -0.05) is 35.5 Å². The van der Waals surface area contributed by atoms with Gasteiger partial charge < -0.3 is 14.5 Å². The third-order valence-electron chi connectivity index (χ3n) is 3.99. The van der Waals surface area contributed by atoms with E-state index in [0.29, 0.717) is 24.7 Å². The van der Waals surface area contributed by atoms with E-state index in [0.717, 1.165) is 31.5 Å². The molecular formula is C16H19N3O3. The number of aromatic nitrogens is 2. The van der Waals surface area contributed by atoms with E-state index in [2.05, 4.69) is 15.0 Å². The van der Waals surface area contributed by atoms with Gasteiger partial charge in [-0.2, -0.15) is 4.98 Å². The summed E-state index contributed by atoms with van der Waals surface area (Å²) >= 11 is 0. The molecular weight excluding hydrogens is 282 g/mol. The van der Waals surface area contributed by atoms with Crippen molar-refractivity contribution in [3.05, 3.63) is 36.2 Å². The van der Waals surface area contributed by atoms with Gasteiger partial charge in [-0.05, 0) is 25.9 Å².